The second-order valence-electron chi connectivity index (χ2n) is 8.44. The summed E-state index contributed by atoms with van der Waals surface area (Å²) in [7, 11) is 0. The van der Waals surface area contributed by atoms with Crippen molar-refractivity contribution in [2.45, 2.75) is 33.3 Å². The van der Waals surface area contributed by atoms with Crippen molar-refractivity contribution in [3.05, 3.63) is 95.4 Å². The van der Waals surface area contributed by atoms with E-state index in [1.807, 2.05) is 32.9 Å². The van der Waals surface area contributed by atoms with Crippen LogP contribution >= 0.6 is 50.7 Å². The molecule has 1 heterocycles. The van der Waals surface area contributed by atoms with Gasteiger partial charge in [0.25, 0.3) is 5.56 Å². The summed E-state index contributed by atoms with van der Waals surface area (Å²) in [6.07, 6.45) is 1.55. The standard InChI is InChI=1S/C27H23BrCl3N3O3/c1-4-36-24-10-16(9-22(31)25(24)37-14-17-5-7-19(29)12-21(17)30)13-32-34-26(15(2)3)33-23-8-6-18(28)11-20(23)27(34)35/h5-13,15H,4,14H2,1-3H3. The number of fused-ring (bicyclic) bond motifs is 1. The third-order valence-electron chi connectivity index (χ3n) is 5.39. The predicted octanol–water partition coefficient (Wildman–Crippen LogP) is 8.10. The molecule has 0 spiro atoms. The van der Waals surface area contributed by atoms with E-state index in [1.165, 1.54) is 4.68 Å². The van der Waals surface area contributed by atoms with Gasteiger partial charge in [-0.25, -0.2) is 4.98 Å². The van der Waals surface area contributed by atoms with Crippen molar-refractivity contribution in [1.82, 2.24) is 9.66 Å². The van der Waals surface area contributed by atoms with Crippen LogP contribution < -0.4 is 15.0 Å². The van der Waals surface area contributed by atoms with Crippen molar-refractivity contribution in [3.8, 4) is 11.5 Å². The summed E-state index contributed by atoms with van der Waals surface area (Å²) in [6.45, 7) is 6.36. The molecule has 0 aliphatic rings. The molecule has 0 aliphatic heterocycles. The molecule has 6 nitrogen and oxygen atoms in total. The van der Waals surface area contributed by atoms with Crippen molar-refractivity contribution in [2.75, 3.05) is 6.61 Å². The highest BCUT2D eigenvalue weighted by atomic mass is 79.9. The Labute approximate surface area is 237 Å². The van der Waals surface area contributed by atoms with Crippen LogP contribution in [0.15, 0.2) is 62.9 Å². The maximum atomic E-state index is 13.3. The van der Waals surface area contributed by atoms with Crippen LogP contribution in [0.1, 0.15) is 43.6 Å². The van der Waals surface area contributed by atoms with Crippen LogP contribution in [-0.2, 0) is 6.61 Å². The second kappa shape index (κ2) is 11.9. The topological polar surface area (TPSA) is 65.7 Å². The Morgan fingerprint density at radius 3 is 2.54 bits per heavy atom. The molecule has 192 valence electrons. The summed E-state index contributed by atoms with van der Waals surface area (Å²) in [5.41, 5.74) is 1.74. The Bertz CT molecular complexity index is 1550. The molecule has 37 heavy (non-hydrogen) atoms. The highest BCUT2D eigenvalue weighted by Gasteiger charge is 2.16. The fraction of sp³-hybridized carbons (Fsp3) is 0.222. The average molecular weight is 624 g/mol. The normalized spacial score (nSPS) is 11.6. The number of hydrogen-bond donors (Lipinski definition) is 0. The summed E-state index contributed by atoms with van der Waals surface area (Å²) in [5.74, 6) is 1.34. The monoisotopic (exact) mass is 621 g/mol. The van der Waals surface area contributed by atoms with Crippen LogP contribution in [0.4, 0.5) is 0 Å². The molecule has 0 saturated heterocycles. The number of nitrogens with zero attached hydrogens (tertiary/aromatic N) is 3. The van der Waals surface area contributed by atoms with Crippen LogP contribution in [-0.4, -0.2) is 22.5 Å². The Morgan fingerprint density at radius 2 is 1.84 bits per heavy atom. The van der Waals surface area contributed by atoms with Gasteiger partial charge < -0.3 is 9.47 Å². The van der Waals surface area contributed by atoms with Gasteiger partial charge in [0.1, 0.15) is 12.4 Å². The first-order valence-corrected chi connectivity index (χ1v) is 13.4. The van der Waals surface area contributed by atoms with Gasteiger partial charge in [-0.15, -0.1) is 0 Å². The number of hydrogen-bond acceptors (Lipinski definition) is 5. The quantitative estimate of drug-likeness (QED) is 0.186. The minimum Gasteiger partial charge on any atom is -0.490 e. The van der Waals surface area contributed by atoms with E-state index < -0.39 is 0 Å². The van der Waals surface area contributed by atoms with Crippen molar-refractivity contribution in [2.24, 2.45) is 5.10 Å². The molecule has 0 unspecified atom stereocenters. The smallest absolute Gasteiger partial charge is 0.282 e. The van der Waals surface area contributed by atoms with E-state index in [1.54, 1.807) is 42.6 Å². The van der Waals surface area contributed by atoms with Crippen LogP contribution in [0.5, 0.6) is 11.5 Å². The van der Waals surface area contributed by atoms with Crippen LogP contribution in [0.25, 0.3) is 10.9 Å². The molecule has 0 bridgehead atoms. The Balaban J connectivity index is 1.70. The van der Waals surface area contributed by atoms with E-state index in [0.29, 0.717) is 55.5 Å². The molecule has 3 aromatic carbocycles. The zero-order chi connectivity index (χ0) is 26.7. The molecule has 4 aromatic rings. The molecule has 0 aliphatic carbocycles. The van der Waals surface area contributed by atoms with Gasteiger partial charge in [0.05, 0.1) is 28.7 Å². The summed E-state index contributed by atoms with van der Waals surface area (Å²) < 4.78 is 13.9. The minimum atomic E-state index is -0.262. The molecule has 0 atom stereocenters. The summed E-state index contributed by atoms with van der Waals surface area (Å²) in [5, 5.41) is 6.31. The SMILES string of the molecule is CCOc1cc(C=Nn2c(C(C)C)nc3ccc(Br)cc3c2=O)cc(Cl)c1OCc1ccc(Cl)cc1Cl. The lowest BCUT2D eigenvalue weighted by atomic mass is 10.2. The zero-order valence-corrected chi connectivity index (χ0v) is 24.1. The van der Waals surface area contributed by atoms with Gasteiger partial charge >= 0.3 is 0 Å². The number of rotatable bonds is 8. The molecule has 4 rings (SSSR count). The summed E-state index contributed by atoms with van der Waals surface area (Å²) >= 11 is 22.3. The molecule has 0 N–H and O–H groups in total. The summed E-state index contributed by atoms with van der Waals surface area (Å²) in [4.78, 5) is 18.0. The largest absolute Gasteiger partial charge is 0.490 e. The molecular formula is C27H23BrCl3N3O3. The van der Waals surface area contributed by atoms with Crippen molar-refractivity contribution in [1.29, 1.82) is 0 Å². The first kappa shape index (κ1) is 27.5. The fourth-order valence-corrected chi connectivity index (χ4v) is 4.73. The predicted molar refractivity (Wildman–Crippen MR) is 154 cm³/mol. The van der Waals surface area contributed by atoms with Crippen LogP contribution in [0.3, 0.4) is 0 Å². The number of aromatic nitrogens is 2. The van der Waals surface area contributed by atoms with Gasteiger partial charge in [-0.05, 0) is 55.0 Å². The lowest BCUT2D eigenvalue weighted by Crippen LogP contribution is -2.23. The Kier molecular flexibility index (Phi) is 8.80. The summed E-state index contributed by atoms with van der Waals surface area (Å²) in [6, 6.07) is 14.0. The highest BCUT2D eigenvalue weighted by Crippen LogP contribution is 2.37. The van der Waals surface area contributed by atoms with Gasteiger partial charge in [-0.2, -0.15) is 9.78 Å². The van der Waals surface area contributed by atoms with Crippen LogP contribution in [0.2, 0.25) is 15.1 Å². The molecule has 0 fully saturated rings. The molecule has 0 saturated carbocycles. The van der Waals surface area contributed by atoms with Gasteiger partial charge in [0.15, 0.2) is 11.5 Å². The molecular weight excluding hydrogens is 601 g/mol. The molecule has 10 heteroatoms. The Morgan fingerprint density at radius 1 is 1.05 bits per heavy atom. The minimum absolute atomic E-state index is 0.0315. The highest BCUT2D eigenvalue weighted by molar-refractivity contribution is 9.10. The lowest BCUT2D eigenvalue weighted by molar-refractivity contribution is 0.269. The van der Waals surface area contributed by atoms with Gasteiger partial charge in [-0.3, -0.25) is 4.79 Å². The first-order valence-electron chi connectivity index (χ1n) is 11.5. The maximum absolute atomic E-state index is 13.3. The third kappa shape index (κ3) is 6.29. The van der Waals surface area contributed by atoms with E-state index in [9.17, 15) is 4.79 Å². The average Bonchev–Trinajstić information content (AvgIpc) is 2.84. The lowest BCUT2D eigenvalue weighted by Gasteiger charge is -2.15. The molecule has 1 aromatic heterocycles. The van der Waals surface area contributed by atoms with Gasteiger partial charge in [-0.1, -0.05) is 70.6 Å². The number of ether oxygens (including phenoxy) is 2. The first-order chi connectivity index (χ1) is 17.7. The molecule has 0 amide bonds. The third-order valence-corrected chi connectivity index (χ3v) is 6.75. The number of benzene rings is 3. The number of halogens is 4. The van der Waals surface area contributed by atoms with E-state index in [4.69, 9.17) is 44.3 Å². The van der Waals surface area contributed by atoms with Gasteiger partial charge in [0, 0.05) is 26.0 Å². The van der Waals surface area contributed by atoms with Crippen molar-refractivity contribution < 1.29 is 9.47 Å². The van der Waals surface area contributed by atoms with Gasteiger partial charge in [0.2, 0.25) is 0 Å². The van der Waals surface area contributed by atoms with E-state index in [-0.39, 0.29) is 18.1 Å². The van der Waals surface area contributed by atoms with Crippen molar-refractivity contribution in [3.63, 3.8) is 0 Å². The zero-order valence-electron chi connectivity index (χ0n) is 20.3. The van der Waals surface area contributed by atoms with Crippen LogP contribution in [0, 0.1) is 0 Å². The fourth-order valence-electron chi connectivity index (χ4n) is 3.63. The van der Waals surface area contributed by atoms with E-state index in [0.717, 1.165) is 10.0 Å². The van der Waals surface area contributed by atoms with Crippen molar-refractivity contribution >= 4 is 67.9 Å². The second-order valence-corrected chi connectivity index (χ2v) is 10.6. The van der Waals surface area contributed by atoms with E-state index in [2.05, 4.69) is 26.0 Å². The Hall–Kier alpha value is -2.58. The van der Waals surface area contributed by atoms with E-state index >= 15 is 0 Å². The molecule has 0 radical (unpaired) electrons. The maximum Gasteiger partial charge on any atom is 0.282 e.